The second kappa shape index (κ2) is 6.44. The minimum absolute atomic E-state index is 0.0199. The van der Waals surface area contributed by atoms with Crippen molar-refractivity contribution < 1.29 is 8.78 Å². The van der Waals surface area contributed by atoms with Crippen molar-refractivity contribution in [3.8, 4) is 0 Å². The summed E-state index contributed by atoms with van der Waals surface area (Å²) in [5.74, 6) is -1.57. The topological polar surface area (TPSA) is 24.1 Å². The molecule has 1 heterocycles. The average Bonchev–Trinajstić information content (AvgIpc) is 2.85. The Morgan fingerprint density at radius 3 is 2.74 bits per heavy atom. The summed E-state index contributed by atoms with van der Waals surface area (Å²) in [6.07, 6.45) is 3.54. The van der Waals surface area contributed by atoms with E-state index in [0.29, 0.717) is 12.1 Å². The molecule has 0 spiro atoms. The van der Waals surface area contributed by atoms with Gasteiger partial charge >= 0.3 is 0 Å². The van der Waals surface area contributed by atoms with Crippen molar-refractivity contribution in [1.82, 2.24) is 10.6 Å². The second-order valence-electron chi connectivity index (χ2n) is 5.49. The molecule has 0 saturated carbocycles. The first kappa shape index (κ1) is 14.4. The molecule has 0 aliphatic carbocycles. The van der Waals surface area contributed by atoms with Crippen LogP contribution in [-0.4, -0.2) is 18.6 Å². The lowest BCUT2D eigenvalue weighted by Crippen LogP contribution is -2.35. The van der Waals surface area contributed by atoms with Gasteiger partial charge in [-0.3, -0.25) is 0 Å². The number of hydrogen-bond donors (Lipinski definition) is 2. The molecule has 106 valence electrons. The molecular formula is C15H22F2N2. The van der Waals surface area contributed by atoms with Gasteiger partial charge in [0, 0.05) is 18.1 Å². The molecule has 1 saturated heterocycles. The van der Waals surface area contributed by atoms with Crippen LogP contribution in [0.1, 0.15) is 44.7 Å². The van der Waals surface area contributed by atoms with Gasteiger partial charge in [-0.25, -0.2) is 8.78 Å². The molecule has 1 fully saturated rings. The van der Waals surface area contributed by atoms with Crippen molar-refractivity contribution in [1.29, 1.82) is 0 Å². The van der Waals surface area contributed by atoms with Crippen LogP contribution in [0.5, 0.6) is 0 Å². The Morgan fingerprint density at radius 1 is 1.32 bits per heavy atom. The number of nitrogens with one attached hydrogen (secondary N) is 2. The monoisotopic (exact) mass is 268 g/mol. The van der Waals surface area contributed by atoms with Crippen molar-refractivity contribution in [3.63, 3.8) is 0 Å². The minimum atomic E-state index is -0.792. The van der Waals surface area contributed by atoms with E-state index in [0.717, 1.165) is 18.5 Å². The minimum Gasteiger partial charge on any atom is -0.314 e. The fourth-order valence-electron chi connectivity index (χ4n) is 2.76. The number of rotatable bonds is 5. The third kappa shape index (κ3) is 3.98. The van der Waals surface area contributed by atoms with Crippen molar-refractivity contribution in [2.24, 2.45) is 0 Å². The van der Waals surface area contributed by atoms with Crippen LogP contribution in [0.3, 0.4) is 0 Å². The lowest BCUT2D eigenvalue weighted by atomic mass is 10.0. The molecule has 0 radical (unpaired) electrons. The predicted molar refractivity (Wildman–Crippen MR) is 73.0 cm³/mol. The molecular weight excluding hydrogens is 246 g/mol. The van der Waals surface area contributed by atoms with E-state index < -0.39 is 11.6 Å². The maximum atomic E-state index is 13.2. The van der Waals surface area contributed by atoms with Crippen LogP contribution in [0.4, 0.5) is 8.78 Å². The Hall–Kier alpha value is -1.00. The summed E-state index contributed by atoms with van der Waals surface area (Å²) in [6, 6.07) is 5.04. The van der Waals surface area contributed by atoms with Crippen LogP contribution < -0.4 is 10.6 Å². The fourth-order valence-corrected chi connectivity index (χ4v) is 2.76. The first-order chi connectivity index (χ1) is 9.06. The summed E-state index contributed by atoms with van der Waals surface area (Å²) in [7, 11) is 0. The zero-order valence-corrected chi connectivity index (χ0v) is 11.5. The Morgan fingerprint density at radius 2 is 2.11 bits per heavy atom. The van der Waals surface area contributed by atoms with E-state index in [1.807, 2.05) is 6.92 Å². The van der Waals surface area contributed by atoms with Crippen LogP contribution in [0.25, 0.3) is 0 Å². The van der Waals surface area contributed by atoms with E-state index in [1.165, 1.54) is 25.0 Å². The summed E-state index contributed by atoms with van der Waals surface area (Å²) in [5.41, 5.74) is 0.783. The zero-order chi connectivity index (χ0) is 13.8. The van der Waals surface area contributed by atoms with E-state index >= 15 is 0 Å². The van der Waals surface area contributed by atoms with Gasteiger partial charge in [-0.1, -0.05) is 6.07 Å². The summed E-state index contributed by atoms with van der Waals surface area (Å²) in [4.78, 5) is 0. The molecule has 0 bridgehead atoms. The van der Waals surface area contributed by atoms with Gasteiger partial charge in [-0.2, -0.15) is 0 Å². The molecule has 2 N–H and O–H groups in total. The normalized spacial score (nSPS) is 22.4. The lowest BCUT2D eigenvalue weighted by molar-refractivity contribution is 0.406. The molecule has 1 aromatic carbocycles. The van der Waals surface area contributed by atoms with Crippen LogP contribution in [0, 0.1) is 11.6 Å². The van der Waals surface area contributed by atoms with Gasteiger partial charge in [0.1, 0.15) is 0 Å². The second-order valence-corrected chi connectivity index (χ2v) is 5.49. The Kier molecular flexibility index (Phi) is 4.88. The Bertz CT molecular complexity index is 417. The van der Waals surface area contributed by atoms with Crippen LogP contribution in [0.15, 0.2) is 18.2 Å². The van der Waals surface area contributed by atoms with Gasteiger partial charge in [0.05, 0.1) is 0 Å². The number of hydrogen-bond acceptors (Lipinski definition) is 2. The summed E-state index contributed by atoms with van der Waals surface area (Å²) in [5, 5.41) is 6.91. The average molecular weight is 268 g/mol. The van der Waals surface area contributed by atoms with Gasteiger partial charge in [0.15, 0.2) is 11.6 Å². The molecule has 19 heavy (non-hydrogen) atoms. The molecule has 3 atom stereocenters. The van der Waals surface area contributed by atoms with E-state index in [9.17, 15) is 8.78 Å². The summed E-state index contributed by atoms with van der Waals surface area (Å²) < 4.78 is 26.1. The zero-order valence-electron chi connectivity index (χ0n) is 11.5. The molecule has 1 aromatic rings. The maximum Gasteiger partial charge on any atom is 0.159 e. The Balaban J connectivity index is 1.88. The van der Waals surface area contributed by atoms with E-state index in [2.05, 4.69) is 17.6 Å². The lowest BCUT2D eigenvalue weighted by Gasteiger charge is -2.23. The fraction of sp³-hybridized carbons (Fsp3) is 0.600. The van der Waals surface area contributed by atoms with E-state index in [-0.39, 0.29) is 6.04 Å². The molecule has 0 aromatic heterocycles. The largest absolute Gasteiger partial charge is 0.314 e. The maximum absolute atomic E-state index is 13.2. The highest BCUT2D eigenvalue weighted by Crippen LogP contribution is 2.18. The highest BCUT2D eigenvalue weighted by Gasteiger charge is 2.18. The van der Waals surface area contributed by atoms with Crippen LogP contribution in [-0.2, 0) is 0 Å². The third-order valence-corrected chi connectivity index (χ3v) is 3.78. The molecule has 1 aliphatic rings. The number of halogens is 2. The molecule has 2 rings (SSSR count). The van der Waals surface area contributed by atoms with Gasteiger partial charge < -0.3 is 10.6 Å². The highest BCUT2D eigenvalue weighted by atomic mass is 19.2. The smallest absolute Gasteiger partial charge is 0.159 e. The first-order valence-electron chi connectivity index (χ1n) is 7.00. The van der Waals surface area contributed by atoms with Gasteiger partial charge in [-0.05, 0) is 57.4 Å². The van der Waals surface area contributed by atoms with Gasteiger partial charge in [-0.15, -0.1) is 0 Å². The molecule has 0 amide bonds. The van der Waals surface area contributed by atoms with E-state index in [4.69, 9.17) is 0 Å². The van der Waals surface area contributed by atoms with Crippen molar-refractivity contribution in [3.05, 3.63) is 35.4 Å². The van der Waals surface area contributed by atoms with E-state index in [1.54, 1.807) is 6.07 Å². The van der Waals surface area contributed by atoms with Crippen molar-refractivity contribution >= 4 is 0 Å². The Labute approximate surface area is 113 Å². The first-order valence-corrected chi connectivity index (χ1v) is 7.00. The summed E-state index contributed by atoms with van der Waals surface area (Å²) >= 11 is 0. The summed E-state index contributed by atoms with van der Waals surface area (Å²) in [6.45, 7) is 5.22. The molecule has 3 unspecified atom stereocenters. The molecule has 4 heteroatoms. The molecule has 1 aliphatic heterocycles. The van der Waals surface area contributed by atoms with Crippen molar-refractivity contribution in [2.75, 3.05) is 6.54 Å². The predicted octanol–water partition coefficient (Wildman–Crippen LogP) is 3.15. The quantitative estimate of drug-likeness (QED) is 0.857. The third-order valence-electron chi connectivity index (χ3n) is 3.78. The van der Waals surface area contributed by atoms with Crippen LogP contribution >= 0.6 is 0 Å². The van der Waals surface area contributed by atoms with Crippen LogP contribution in [0.2, 0.25) is 0 Å². The van der Waals surface area contributed by atoms with Gasteiger partial charge in [0.25, 0.3) is 0 Å². The standard InChI is InChI=1S/C15H22F2N2/c1-10(8-13-4-3-7-18-13)19-11(2)12-5-6-14(16)15(17)9-12/h5-6,9-11,13,18-19H,3-4,7-8H2,1-2H3. The molecule has 2 nitrogen and oxygen atoms in total. The highest BCUT2D eigenvalue weighted by molar-refractivity contribution is 5.20. The SMILES string of the molecule is CC(CC1CCCN1)NC(C)c1ccc(F)c(F)c1. The van der Waals surface area contributed by atoms with Gasteiger partial charge in [0.2, 0.25) is 0 Å². The van der Waals surface area contributed by atoms with Crippen molar-refractivity contribution in [2.45, 2.75) is 51.2 Å². The number of benzene rings is 1.